The van der Waals surface area contributed by atoms with E-state index in [4.69, 9.17) is 14.2 Å². The molecule has 4 atom stereocenters. The molecule has 0 spiro atoms. The van der Waals surface area contributed by atoms with E-state index in [1.165, 1.54) is 11.1 Å². The first kappa shape index (κ1) is 50.5. The van der Waals surface area contributed by atoms with Crippen molar-refractivity contribution >= 4 is 57.9 Å². The maximum Gasteiger partial charge on any atom is 0.260 e. The van der Waals surface area contributed by atoms with Crippen LogP contribution in [0.4, 0.5) is 22.7 Å². The summed E-state index contributed by atoms with van der Waals surface area (Å²) in [4.78, 5) is 85.7. The molecule has 0 bridgehead atoms. The van der Waals surface area contributed by atoms with Crippen LogP contribution in [0.1, 0.15) is 120 Å². The SMILES string of the molecule is CCC(=O)CCCCC(=O)N[C@H](C)C(=O)C[C@@H](C)C(=O)Nc1cc(COc2cc3c(cc2C)C(=O)N2c4ccccc4C[C@H]2CN3C)cc(COc2cc3c(cc2OC)C(=O)N2c4ccccc4C[C@H]2CC3)c1. The highest BCUT2D eigenvalue weighted by molar-refractivity contribution is 6.12. The summed E-state index contributed by atoms with van der Waals surface area (Å²) >= 11 is 0. The number of amides is 4. The summed E-state index contributed by atoms with van der Waals surface area (Å²) in [6, 6.07) is 28.5. The number of rotatable bonds is 19. The molecule has 14 nitrogen and oxygen atoms in total. The summed E-state index contributed by atoms with van der Waals surface area (Å²) in [5.74, 6) is -0.0791. The van der Waals surface area contributed by atoms with Crippen LogP contribution < -0.4 is 39.5 Å². The third-order valence-corrected chi connectivity index (χ3v) is 14.8. The first-order valence-electron chi connectivity index (χ1n) is 25.6. The smallest absolute Gasteiger partial charge is 0.260 e. The molecule has 4 aliphatic rings. The van der Waals surface area contributed by atoms with Crippen LogP contribution >= 0.6 is 0 Å². The second-order valence-corrected chi connectivity index (χ2v) is 20.1. The lowest BCUT2D eigenvalue weighted by atomic mass is 9.99. The van der Waals surface area contributed by atoms with Crippen molar-refractivity contribution in [2.24, 2.45) is 5.92 Å². The topological polar surface area (TPSA) is 164 Å². The van der Waals surface area contributed by atoms with E-state index in [1.54, 1.807) is 27.0 Å². The number of ether oxygens (including phenoxy) is 3. The molecule has 0 radical (unpaired) electrons. The second kappa shape index (κ2) is 21.7. The fourth-order valence-electron chi connectivity index (χ4n) is 10.8. The maximum atomic E-state index is 14.2. The first-order chi connectivity index (χ1) is 35.2. The standard InChI is InChI=1S/C59H65N5O9/c1-7-46(65)16-10-13-19-56(67)60-37(4)52(66)23-36(3)57(68)61-43-25-38(33-72-53-31-51-48(22-35(53)2)59(70)64-45(32-62(51)5)28-42-15-9-12-18-50(42)64)24-39(26-43)34-73-55-29-40-20-21-44-27-41-14-8-11-17-49(41)63(44)58(69)47(40)30-54(55)71-6/h8-9,11-12,14-15,17-18,22,24-26,29-31,36-37,44-45H,7,10,13,16,19-21,23,27-28,32-34H2,1-6H3,(H,60,67)(H,61,68)/t36-,37-,44-,45+/m1/s1. The predicted molar refractivity (Wildman–Crippen MR) is 281 cm³/mol. The summed E-state index contributed by atoms with van der Waals surface area (Å²) in [5, 5.41) is 5.77. The number of para-hydroxylation sites is 2. The number of nitrogens with one attached hydrogen (secondary N) is 2. The molecule has 380 valence electrons. The molecule has 0 aromatic heterocycles. The lowest BCUT2D eigenvalue weighted by molar-refractivity contribution is -0.129. The third kappa shape index (κ3) is 10.8. The molecular weight excluding hydrogens is 923 g/mol. The van der Waals surface area contributed by atoms with Crippen molar-refractivity contribution in [1.29, 1.82) is 0 Å². The Morgan fingerprint density at radius 3 is 2.03 bits per heavy atom. The number of hydrogen-bond acceptors (Lipinski definition) is 10. The molecule has 5 aromatic carbocycles. The van der Waals surface area contributed by atoms with E-state index >= 15 is 0 Å². The van der Waals surface area contributed by atoms with Gasteiger partial charge >= 0.3 is 0 Å². The van der Waals surface area contributed by atoms with Crippen LogP contribution in [0.2, 0.25) is 0 Å². The number of aryl methyl sites for hydroxylation is 2. The number of likely N-dealkylation sites (N-methyl/N-ethyl adjacent to an activating group) is 1. The molecular formula is C59H65N5O9. The Morgan fingerprint density at radius 2 is 1.34 bits per heavy atom. The Hall–Kier alpha value is -7.48. The van der Waals surface area contributed by atoms with Crippen LogP contribution in [0, 0.1) is 12.8 Å². The monoisotopic (exact) mass is 987 g/mol. The van der Waals surface area contributed by atoms with E-state index in [0.29, 0.717) is 78.3 Å². The highest BCUT2D eigenvalue weighted by atomic mass is 16.5. The van der Waals surface area contributed by atoms with Gasteiger partial charge in [-0.05, 0) is 134 Å². The Bertz CT molecular complexity index is 2990. The Labute approximate surface area is 427 Å². The number of ketones is 2. The average molecular weight is 988 g/mol. The van der Waals surface area contributed by atoms with Crippen molar-refractivity contribution in [3.8, 4) is 17.2 Å². The van der Waals surface area contributed by atoms with Crippen molar-refractivity contribution in [2.45, 2.75) is 123 Å². The number of carbonyl (C=O) groups is 6. The summed E-state index contributed by atoms with van der Waals surface area (Å²) < 4.78 is 18.9. The van der Waals surface area contributed by atoms with Crippen LogP contribution in [0.5, 0.6) is 17.2 Å². The van der Waals surface area contributed by atoms with E-state index in [0.717, 1.165) is 53.0 Å². The van der Waals surface area contributed by atoms with E-state index in [2.05, 4.69) is 27.7 Å². The van der Waals surface area contributed by atoms with E-state index in [-0.39, 0.29) is 73.3 Å². The fourth-order valence-corrected chi connectivity index (χ4v) is 10.8. The molecule has 0 unspecified atom stereocenters. The summed E-state index contributed by atoms with van der Waals surface area (Å²) in [6.07, 6.45) is 5.26. The second-order valence-electron chi connectivity index (χ2n) is 20.1. The van der Waals surface area contributed by atoms with E-state index in [1.807, 2.05) is 103 Å². The van der Waals surface area contributed by atoms with Gasteiger partial charge in [0, 0.05) is 79.9 Å². The zero-order valence-corrected chi connectivity index (χ0v) is 42.7. The van der Waals surface area contributed by atoms with Crippen molar-refractivity contribution in [2.75, 3.05) is 40.7 Å². The van der Waals surface area contributed by atoms with Crippen molar-refractivity contribution in [3.05, 3.63) is 136 Å². The molecule has 0 aliphatic carbocycles. The lowest BCUT2D eigenvalue weighted by Gasteiger charge is -2.25. The lowest BCUT2D eigenvalue weighted by Crippen LogP contribution is -2.41. The number of nitrogens with zero attached hydrogens (tertiary/aromatic N) is 3. The normalized spacial score (nSPS) is 17.2. The van der Waals surface area contributed by atoms with Crippen molar-refractivity contribution in [1.82, 2.24) is 5.32 Å². The van der Waals surface area contributed by atoms with Gasteiger partial charge in [0.2, 0.25) is 11.8 Å². The zero-order chi connectivity index (χ0) is 51.5. The van der Waals surface area contributed by atoms with Gasteiger partial charge < -0.3 is 39.5 Å². The number of anilines is 4. The molecule has 4 amide bonds. The van der Waals surface area contributed by atoms with E-state index < -0.39 is 12.0 Å². The van der Waals surface area contributed by atoms with Gasteiger partial charge in [0.25, 0.3) is 11.8 Å². The number of carbonyl (C=O) groups excluding carboxylic acids is 6. The Morgan fingerprint density at radius 1 is 0.712 bits per heavy atom. The third-order valence-electron chi connectivity index (χ3n) is 14.8. The number of fused-ring (bicyclic) bond motifs is 8. The first-order valence-corrected chi connectivity index (χ1v) is 25.6. The molecule has 0 saturated heterocycles. The van der Waals surface area contributed by atoms with Crippen molar-refractivity contribution in [3.63, 3.8) is 0 Å². The molecule has 0 saturated carbocycles. The molecule has 4 aliphatic heterocycles. The summed E-state index contributed by atoms with van der Waals surface area (Å²) in [5.41, 5.74) is 9.82. The van der Waals surface area contributed by atoms with Crippen LogP contribution in [0.15, 0.2) is 91.0 Å². The van der Waals surface area contributed by atoms with E-state index in [9.17, 15) is 28.8 Å². The quantitative estimate of drug-likeness (QED) is 0.0763. The van der Waals surface area contributed by atoms with Crippen LogP contribution in [0.25, 0.3) is 0 Å². The minimum atomic E-state index is -0.788. The molecule has 5 aromatic rings. The molecule has 2 N–H and O–H groups in total. The van der Waals surface area contributed by atoms with Crippen molar-refractivity contribution < 1.29 is 43.0 Å². The zero-order valence-electron chi connectivity index (χ0n) is 42.7. The average Bonchev–Trinajstić information content (AvgIpc) is 3.88. The highest BCUT2D eigenvalue weighted by Gasteiger charge is 2.40. The highest BCUT2D eigenvalue weighted by Crippen LogP contribution is 2.42. The minimum Gasteiger partial charge on any atom is -0.493 e. The van der Waals surface area contributed by atoms with Gasteiger partial charge in [-0.15, -0.1) is 0 Å². The van der Waals surface area contributed by atoms with Crippen LogP contribution in [-0.2, 0) is 51.7 Å². The molecule has 4 heterocycles. The van der Waals surface area contributed by atoms with Crippen LogP contribution in [-0.4, -0.2) is 74.0 Å². The van der Waals surface area contributed by atoms with Gasteiger partial charge in [-0.1, -0.05) is 50.2 Å². The Kier molecular flexibility index (Phi) is 15.0. The maximum absolute atomic E-state index is 14.2. The Balaban J connectivity index is 0.928. The molecule has 14 heteroatoms. The number of Topliss-reactive ketones (excluding diaryl/α,β-unsaturated/α-hetero) is 2. The van der Waals surface area contributed by atoms with Gasteiger partial charge in [-0.25, -0.2) is 0 Å². The van der Waals surface area contributed by atoms with Crippen LogP contribution in [0.3, 0.4) is 0 Å². The summed E-state index contributed by atoms with van der Waals surface area (Å²) in [6.45, 7) is 7.88. The molecule has 73 heavy (non-hydrogen) atoms. The van der Waals surface area contributed by atoms with Gasteiger partial charge in [-0.2, -0.15) is 0 Å². The number of unbranched alkanes of at least 4 members (excludes halogenated alkanes) is 1. The predicted octanol–water partition coefficient (Wildman–Crippen LogP) is 9.28. The van der Waals surface area contributed by atoms with Gasteiger partial charge in [0.05, 0.1) is 30.4 Å². The summed E-state index contributed by atoms with van der Waals surface area (Å²) in [7, 11) is 3.55. The fraction of sp³-hybridized carbons (Fsp3) is 0.390. The molecule has 9 rings (SSSR count). The number of methoxy groups -OCH3 is 1. The van der Waals surface area contributed by atoms with Gasteiger partial charge in [0.1, 0.15) is 24.7 Å². The molecule has 0 fully saturated rings. The number of hydrogen-bond donors (Lipinski definition) is 2. The number of benzene rings is 5. The van der Waals surface area contributed by atoms with Gasteiger partial charge in [0.15, 0.2) is 17.3 Å². The minimum absolute atomic E-state index is 0.00426. The largest absolute Gasteiger partial charge is 0.493 e. The van der Waals surface area contributed by atoms with Gasteiger partial charge in [-0.3, -0.25) is 28.8 Å².